The topological polar surface area (TPSA) is 54.0 Å². The third-order valence-electron chi connectivity index (χ3n) is 3.28. The van der Waals surface area contributed by atoms with E-state index in [0.717, 1.165) is 30.4 Å². The molecule has 92 valence electrons. The van der Waals surface area contributed by atoms with Crippen molar-refractivity contribution in [3.63, 3.8) is 0 Å². The molecule has 1 aromatic carbocycles. The van der Waals surface area contributed by atoms with Crippen LogP contribution in [0.4, 0.5) is 5.82 Å². The van der Waals surface area contributed by atoms with Gasteiger partial charge in [0, 0.05) is 11.9 Å². The zero-order valence-corrected chi connectivity index (χ0v) is 10.0. The monoisotopic (exact) mass is 241 g/mol. The standard InChI is InChI=1S/C14H15N3O/c18-14(11-7-8-15-9-11)17-13-6-5-10-3-1-2-4-12(10)16-13/h1-6,11,15H,7-9H2,(H,16,17,18). The summed E-state index contributed by atoms with van der Waals surface area (Å²) < 4.78 is 0. The molecular formula is C14H15N3O. The van der Waals surface area contributed by atoms with Crippen LogP contribution in [-0.2, 0) is 4.79 Å². The second-order valence-electron chi connectivity index (χ2n) is 4.57. The molecule has 1 aliphatic rings. The van der Waals surface area contributed by atoms with Gasteiger partial charge in [0.25, 0.3) is 0 Å². The van der Waals surface area contributed by atoms with Crippen molar-refractivity contribution in [2.45, 2.75) is 6.42 Å². The number of nitrogens with zero attached hydrogens (tertiary/aromatic N) is 1. The van der Waals surface area contributed by atoms with E-state index in [1.165, 1.54) is 0 Å². The summed E-state index contributed by atoms with van der Waals surface area (Å²) in [5.41, 5.74) is 0.903. The Bertz CT molecular complexity index is 576. The van der Waals surface area contributed by atoms with E-state index in [1.807, 2.05) is 36.4 Å². The van der Waals surface area contributed by atoms with Crippen LogP contribution in [0.3, 0.4) is 0 Å². The van der Waals surface area contributed by atoms with Gasteiger partial charge in [-0.05, 0) is 31.2 Å². The lowest BCUT2D eigenvalue weighted by Gasteiger charge is -2.09. The fourth-order valence-electron chi connectivity index (χ4n) is 2.24. The van der Waals surface area contributed by atoms with E-state index in [4.69, 9.17) is 0 Å². The molecule has 2 heterocycles. The Morgan fingerprint density at radius 2 is 2.17 bits per heavy atom. The van der Waals surface area contributed by atoms with Gasteiger partial charge in [0.1, 0.15) is 5.82 Å². The maximum absolute atomic E-state index is 12.0. The van der Waals surface area contributed by atoms with Crippen molar-refractivity contribution >= 4 is 22.6 Å². The first kappa shape index (κ1) is 11.2. The van der Waals surface area contributed by atoms with E-state index in [9.17, 15) is 4.79 Å². The number of pyridine rings is 1. The van der Waals surface area contributed by atoms with Crippen molar-refractivity contribution in [1.82, 2.24) is 10.3 Å². The van der Waals surface area contributed by atoms with Gasteiger partial charge >= 0.3 is 0 Å². The highest BCUT2D eigenvalue weighted by Gasteiger charge is 2.22. The highest BCUT2D eigenvalue weighted by atomic mass is 16.2. The van der Waals surface area contributed by atoms with Gasteiger partial charge in [-0.25, -0.2) is 4.98 Å². The predicted octanol–water partition coefficient (Wildman–Crippen LogP) is 1.78. The number of aromatic nitrogens is 1. The Labute approximate surface area is 105 Å². The Balaban J connectivity index is 1.79. The Hall–Kier alpha value is -1.94. The summed E-state index contributed by atoms with van der Waals surface area (Å²) in [6, 6.07) is 11.7. The summed E-state index contributed by atoms with van der Waals surface area (Å²) in [5.74, 6) is 0.756. The van der Waals surface area contributed by atoms with Crippen LogP contribution in [0.25, 0.3) is 10.9 Å². The largest absolute Gasteiger partial charge is 0.316 e. The second kappa shape index (κ2) is 4.74. The van der Waals surface area contributed by atoms with E-state index < -0.39 is 0 Å². The molecule has 2 N–H and O–H groups in total. The number of anilines is 1. The summed E-state index contributed by atoms with van der Waals surface area (Å²) >= 11 is 0. The summed E-state index contributed by atoms with van der Waals surface area (Å²) in [6.07, 6.45) is 0.902. The van der Waals surface area contributed by atoms with Gasteiger partial charge < -0.3 is 10.6 Å². The number of carbonyl (C=O) groups excluding carboxylic acids is 1. The van der Waals surface area contributed by atoms with Crippen molar-refractivity contribution in [2.75, 3.05) is 18.4 Å². The van der Waals surface area contributed by atoms with Crippen molar-refractivity contribution in [3.05, 3.63) is 36.4 Å². The van der Waals surface area contributed by atoms with Crippen molar-refractivity contribution in [2.24, 2.45) is 5.92 Å². The molecule has 18 heavy (non-hydrogen) atoms. The van der Waals surface area contributed by atoms with E-state index in [0.29, 0.717) is 5.82 Å². The van der Waals surface area contributed by atoms with E-state index >= 15 is 0 Å². The Kier molecular flexibility index (Phi) is 2.94. The van der Waals surface area contributed by atoms with E-state index in [2.05, 4.69) is 15.6 Å². The molecule has 1 saturated heterocycles. The fraction of sp³-hybridized carbons (Fsp3) is 0.286. The third-order valence-corrected chi connectivity index (χ3v) is 3.28. The molecule has 1 atom stereocenters. The van der Waals surface area contributed by atoms with Crippen molar-refractivity contribution < 1.29 is 4.79 Å². The third kappa shape index (κ3) is 2.19. The van der Waals surface area contributed by atoms with Crippen LogP contribution in [0.5, 0.6) is 0 Å². The molecule has 0 spiro atoms. The molecule has 2 aromatic rings. The highest BCUT2D eigenvalue weighted by Crippen LogP contribution is 2.16. The smallest absolute Gasteiger partial charge is 0.229 e. The summed E-state index contributed by atoms with van der Waals surface area (Å²) in [6.45, 7) is 1.68. The second-order valence-corrected chi connectivity index (χ2v) is 4.57. The van der Waals surface area contributed by atoms with Crippen LogP contribution in [0.15, 0.2) is 36.4 Å². The first-order valence-corrected chi connectivity index (χ1v) is 6.20. The summed E-state index contributed by atoms with van der Waals surface area (Å²) in [4.78, 5) is 16.4. The van der Waals surface area contributed by atoms with Gasteiger partial charge in [-0.15, -0.1) is 0 Å². The predicted molar refractivity (Wildman–Crippen MR) is 71.3 cm³/mol. The molecule has 3 rings (SSSR count). The van der Waals surface area contributed by atoms with Crippen LogP contribution in [0.2, 0.25) is 0 Å². The number of benzene rings is 1. The van der Waals surface area contributed by atoms with Crippen LogP contribution in [0.1, 0.15) is 6.42 Å². The van der Waals surface area contributed by atoms with Gasteiger partial charge in [0.05, 0.1) is 11.4 Å². The SMILES string of the molecule is O=C(Nc1ccc2ccccc2n1)C1CCNC1. The molecule has 4 nitrogen and oxygen atoms in total. The van der Waals surface area contributed by atoms with Crippen molar-refractivity contribution in [1.29, 1.82) is 0 Å². The van der Waals surface area contributed by atoms with Gasteiger partial charge in [0.2, 0.25) is 5.91 Å². The van der Waals surface area contributed by atoms with E-state index in [1.54, 1.807) is 0 Å². The minimum Gasteiger partial charge on any atom is -0.316 e. The average molecular weight is 241 g/mol. The van der Waals surface area contributed by atoms with Gasteiger partial charge in [-0.1, -0.05) is 18.2 Å². The van der Waals surface area contributed by atoms with Gasteiger partial charge in [-0.2, -0.15) is 0 Å². The normalized spacial score (nSPS) is 19.0. The zero-order chi connectivity index (χ0) is 12.4. The highest BCUT2D eigenvalue weighted by molar-refractivity contribution is 5.93. The number of amides is 1. The minimum absolute atomic E-state index is 0.0581. The van der Waals surface area contributed by atoms with E-state index in [-0.39, 0.29) is 11.8 Å². The molecule has 1 aliphatic heterocycles. The molecule has 0 saturated carbocycles. The lowest BCUT2D eigenvalue weighted by Crippen LogP contribution is -2.25. The molecule has 1 unspecified atom stereocenters. The van der Waals surface area contributed by atoms with Gasteiger partial charge in [-0.3, -0.25) is 4.79 Å². The zero-order valence-electron chi connectivity index (χ0n) is 10.0. The van der Waals surface area contributed by atoms with Crippen LogP contribution < -0.4 is 10.6 Å². The number of rotatable bonds is 2. The first-order chi connectivity index (χ1) is 8.83. The van der Waals surface area contributed by atoms with Crippen LogP contribution in [0, 0.1) is 5.92 Å². The molecule has 1 fully saturated rings. The van der Waals surface area contributed by atoms with Gasteiger partial charge in [0.15, 0.2) is 0 Å². The lowest BCUT2D eigenvalue weighted by molar-refractivity contribution is -0.119. The number of hydrogen-bond acceptors (Lipinski definition) is 3. The maximum Gasteiger partial charge on any atom is 0.229 e. The summed E-state index contributed by atoms with van der Waals surface area (Å²) in [7, 11) is 0. The van der Waals surface area contributed by atoms with Crippen LogP contribution in [-0.4, -0.2) is 24.0 Å². The first-order valence-electron chi connectivity index (χ1n) is 6.20. The lowest BCUT2D eigenvalue weighted by atomic mass is 10.1. The number of para-hydroxylation sites is 1. The Morgan fingerprint density at radius 1 is 1.28 bits per heavy atom. The quantitative estimate of drug-likeness (QED) is 0.842. The molecule has 0 aliphatic carbocycles. The number of hydrogen-bond donors (Lipinski definition) is 2. The molecule has 1 aromatic heterocycles. The fourth-order valence-corrected chi connectivity index (χ4v) is 2.24. The van der Waals surface area contributed by atoms with Crippen LogP contribution >= 0.6 is 0 Å². The average Bonchev–Trinajstić information content (AvgIpc) is 2.92. The molecule has 4 heteroatoms. The molecule has 1 amide bonds. The number of carbonyl (C=O) groups is 1. The Morgan fingerprint density at radius 3 is 3.00 bits per heavy atom. The summed E-state index contributed by atoms with van der Waals surface area (Å²) in [5, 5.41) is 7.15. The number of fused-ring (bicyclic) bond motifs is 1. The maximum atomic E-state index is 12.0. The van der Waals surface area contributed by atoms with Crippen molar-refractivity contribution in [3.8, 4) is 0 Å². The molecule has 0 bridgehead atoms. The molecule has 0 radical (unpaired) electrons. The molecular weight excluding hydrogens is 226 g/mol. The number of nitrogens with one attached hydrogen (secondary N) is 2. The minimum atomic E-state index is 0.0581.